The first kappa shape index (κ1) is 14.8. The Bertz CT molecular complexity index is 1220. The summed E-state index contributed by atoms with van der Waals surface area (Å²) in [4.78, 5) is 8.96. The normalized spacial score (nSPS) is 15.8. The predicted molar refractivity (Wildman–Crippen MR) is 105 cm³/mol. The molecular formula is C23H17N3. The van der Waals surface area contributed by atoms with Crippen molar-refractivity contribution in [1.29, 1.82) is 0 Å². The van der Waals surface area contributed by atoms with E-state index in [1.165, 1.54) is 16.2 Å². The van der Waals surface area contributed by atoms with Crippen molar-refractivity contribution in [2.75, 3.05) is 0 Å². The zero-order valence-corrected chi connectivity index (χ0v) is 14.2. The van der Waals surface area contributed by atoms with Gasteiger partial charge in [0.1, 0.15) is 0 Å². The van der Waals surface area contributed by atoms with Gasteiger partial charge in [-0.1, -0.05) is 66.8 Å². The lowest BCUT2D eigenvalue weighted by atomic mass is 9.98. The maximum atomic E-state index is 4.48. The Balaban J connectivity index is 1.86. The zero-order chi connectivity index (χ0) is 17.3. The van der Waals surface area contributed by atoms with Crippen molar-refractivity contribution in [2.45, 2.75) is 5.92 Å². The summed E-state index contributed by atoms with van der Waals surface area (Å²) in [7, 11) is 0. The Morgan fingerprint density at radius 1 is 0.808 bits per heavy atom. The second-order valence-corrected chi connectivity index (χ2v) is 6.35. The largest absolute Gasteiger partial charge is 0.278 e. The van der Waals surface area contributed by atoms with Crippen LogP contribution in [0.3, 0.4) is 0 Å². The van der Waals surface area contributed by atoms with Crippen LogP contribution >= 0.6 is 0 Å². The summed E-state index contributed by atoms with van der Waals surface area (Å²) < 4.78 is 2.14. The molecule has 0 radical (unpaired) electrons. The van der Waals surface area contributed by atoms with E-state index in [1.54, 1.807) is 12.4 Å². The number of rotatable bonds is 2. The molecule has 2 aromatic carbocycles. The number of allylic oxidation sites excluding steroid dienone is 2. The van der Waals surface area contributed by atoms with Crippen LogP contribution in [0.25, 0.3) is 29.0 Å². The number of para-hydroxylation sites is 1. The van der Waals surface area contributed by atoms with Gasteiger partial charge in [0.2, 0.25) is 5.95 Å². The molecule has 3 nitrogen and oxygen atoms in total. The van der Waals surface area contributed by atoms with E-state index in [0.717, 1.165) is 10.9 Å². The lowest BCUT2D eigenvalue weighted by Gasteiger charge is -2.06. The molecule has 0 saturated heterocycles. The number of nitrogens with zero attached hydrogens (tertiary/aromatic N) is 3. The Kier molecular flexibility index (Phi) is 3.49. The first-order valence-corrected chi connectivity index (χ1v) is 8.74. The summed E-state index contributed by atoms with van der Waals surface area (Å²) in [6.45, 7) is 0. The molecule has 0 amide bonds. The van der Waals surface area contributed by atoms with Gasteiger partial charge in [-0.05, 0) is 23.8 Å². The number of hydrogen-bond acceptors (Lipinski definition) is 2. The highest BCUT2D eigenvalue weighted by atomic mass is 15.1. The second-order valence-electron chi connectivity index (χ2n) is 6.35. The van der Waals surface area contributed by atoms with Crippen LogP contribution in [0.1, 0.15) is 11.5 Å². The predicted octanol–water partition coefficient (Wildman–Crippen LogP) is 3.34. The van der Waals surface area contributed by atoms with Gasteiger partial charge in [-0.15, -0.1) is 0 Å². The summed E-state index contributed by atoms with van der Waals surface area (Å²) >= 11 is 0. The third kappa shape index (κ3) is 2.37. The van der Waals surface area contributed by atoms with Crippen molar-refractivity contribution in [3.63, 3.8) is 0 Å². The van der Waals surface area contributed by atoms with Gasteiger partial charge in [-0.3, -0.25) is 4.57 Å². The molecule has 1 unspecified atom stereocenters. The molecule has 5 rings (SSSR count). The van der Waals surface area contributed by atoms with Crippen molar-refractivity contribution in [3.05, 3.63) is 101 Å². The molecule has 0 spiro atoms. The van der Waals surface area contributed by atoms with Crippen molar-refractivity contribution in [2.24, 2.45) is 0 Å². The van der Waals surface area contributed by atoms with Crippen LogP contribution in [0.5, 0.6) is 0 Å². The molecule has 1 aliphatic carbocycles. The van der Waals surface area contributed by atoms with Crippen LogP contribution in [-0.4, -0.2) is 14.5 Å². The molecule has 0 N–H and O–H groups in total. The third-order valence-corrected chi connectivity index (χ3v) is 4.81. The van der Waals surface area contributed by atoms with Gasteiger partial charge < -0.3 is 0 Å². The van der Waals surface area contributed by atoms with Crippen molar-refractivity contribution < 1.29 is 0 Å². The Hall–Kier alpha value is -3.46. The zero-order valence-electron chi connectivity index (χ0n) is 14.2. The average molecular weight is 335 g/mol. The fourth-order valence-corrected chi connectivity index (χ4v) is 3.63. The highest BCUT2D eigenvalue weighted by Gasteiger charge is 2.14. The van der Waals surface area contributed by atoms with Crippen molar-refractivity contribution in [3.8, 4) is 5.95 Å². The minimum Gasteiger partial charge on any atom is -0.278 e. The first-order chi connectivity index (χ1) is 12.9. The lowest BCUT2D eigenvalue weighted by molar-refractivity contribution is 0.933. The molecule has 124 valence electrons. The monoisotopic (exact) mass is 335 g/mol. The van der Waals surface area contributed by atoms with Crippen molar-refractivity contribution in [1.82, 2.24) is 14.5 Å². The van der Waals surface area contributed by atoms with Crippen LogP contribution in [0.15, 0.2) is 85.2 Å². The molecule has 26 heavy (non-hydrogen) atoms. The number of fused-ring (bicyclic) bond motifs is 3. The van der Waals surface area contributed by atoms with Crippen molar-refractivity contribution >= 4 is 23.1 Å². The van der Waals surface area contributed by atoms with E-state index in [4.69, 9.17) is 0 Å². The first-order valence-electron chi connectivity index (χ1n) is 8.74. The van der Waals surface area contributed by atoms with Crippen LogP contribution in [0.2, 0.25) is 0 Å². The van der Waals surface area contributed by atoms with Gasteiger partial charge in [-0.25, -0.2) is 9.97 Å². The maximum absolute atomic E-state index is 4.48. The number of benzene rings is 2. The summed E-state index contributed by atoms with van der Waals surface area (Å²) in [5.74, 6) is 0.936. The second kappa shape index (κ2) is 6.12. The van der Waals surface area contributed by atoms with E-state index in [-0.39, 0.29) is 5.92 Å². The fraction of sp³-hybridized carbons (Fsp3) is 0.0435. The molecular weight excluding hydrogens is 318 g/mol. The lowest BCUT2D eigenvalue weighted by Crippen LogP contribution is -2.29. The topological polar surface area (TPSA) is 30.7 Å². The van der Waals surface area contributed by atoms with E-state index in [1.807, 2.05) is 6.07 Å². The van der Waals surface area contributed by atoms with E-state index in [2.05, 4.69) is 93.4 Å². The van der Waals surface area contributed by atoms with Gasteiger partial charge in [0.05, 0.1) is 10.9 Å². The quantitative estimate of drug-likeness (QED) is 0.562. The molecule has 1 atom stereocenters. The Morgan fingerprint density at radius 3 is 2.42 bits per heavy atom. The molecule has 0 fully saturated rings. The van der Waals surface area contributed by atoms with Crippen LogP contribution in [-0.2, 0) is 0 Å². The van der Waals surface area contributed by atoms with Crippen LogP contribution in [0, 0.1) is 0 Å². The highest BCUT2D eigenvalue weighted by Crippen LogP contribution is 2.21. The van der Waals surface area contributed by atoms with E-state index < -0.39 is 0 Å². The maximum Gasteiger partial charge on any atom is 0.234 e. The van der Waals surface area contributed by atoms with Crippen LogP contribution < -0.4 is 10.6 Å². The Labute approximate surface area is 151 Å². The third-order valence-electron chi connectivity index (χ3n) is 4.81. The van der Waals surface area contributed by atoms with Gasteiger partial charge in [-0.2, -0.15) is 0 Å². The van der Waals surface area contributed by atoms with Gasteiger partial charge >= 0.3 is 0 Å². The van der Waals surface area contributed by atoms with Gasteiger partial charge in [0, 0.05) is 28.9 Å². The van der Waals surface area contributed by atoms with E-state index in [9.17, 15) is 0 Å². The van der Waals surface area contributed by atoms with Crippen LogP contribution in [0.4, 0.5) is 0 Å². The Morgan fingerprint density at radius 2 is 1.58 bits per heavy atom. The fourth-order valence-electron chi connectivity index (χ4n) is 3.63. The molecule has 3 heteroatoms. The minimum absolute atomic E-state index is 0.240. The highest BCUT2D eigenvalue weighted by molar-refractivity contribution is 5.84. The summed E-state index contributed by atoms with van der Waals surface area (Å²) in [5, 5.41) is 3.56. The molecule has 0 bridgehead atoms. The van der Waals surface area contributed by atoms with E-state index in [0.29, 0.717) is 5.95 Å². The molecule has 2 heterocycles. The molecule has 2 aromatic heterocycles. The molecule has 0 saturated carbocycles. The minimum atomic E-state index is 0.240. The molecule has 0 aliphatic heterocycles. The number of aromatic nitrogens is 3. The molecule has 1 aliphatic rings. The standard InChI is InChI=1S/C23H17N3/c1-2-8-17(9-3-1)18-10-6-13-22-20(16-18)19-11-4-5-12-21(19)26(22)23-24-14-7-15-25-23/h1-16,18H. The number of hydrogen-bond donors (Lipinski definition) is 0. The van der Waals surface area contributed by atoms with Gasteiger partial charge in [0.15, 0.2) is 0 Å². The molecule has 4 aromatic rings. The SMILES string of the molecule is C1=CC(c2ccccc2)C=c2c(n(-c3ncccn3)c3ccccc23)=C1. The van der Waals surface area contributed by atoms with Gasteiger partial charge in [0.25, 0.3) is 0 Å². The smallest absolute Gasteiger partial charge is 0.234 e. The summed E-state index contributed by atoms with van der Waals surface area (Å²) in [6, 6.07) is 20.9. The van der Waals surface area contributed by atoms with E-state index >= 15 is 0 Å². The summed E-state index contributed by atoms with van der Waals surface area (Å²) in [6.07, 6.45) is 12.4. The average Bonchev–Trinajstić information content (AvgIpc) is 2.86. The summed E-state index contributed by atoms with van der Waals surface area (Å²) in [5.41, 5.74) is 2.41.